The lowest BCUT2D eigenvalue weighted by atomic mass is 10.1. The molecule has 0 aromatic heterocycles. The Kier molecular flexibility index (Phi) is 11.3. The van der Waals surface area contributed by atoms with Crippen LogP contribution in [-0.4, -0.2) is 42.2 Å². The second-order valence-electron chi connectivity index (χ2n) is 8.59. The fourth-order valence-electron chi connectivity index (χ4n) is 2.66. The van der Waals surface area contributed by atoms with Crippen molar-refractivity contribution in [1.82, 2.24) is 10.6 Å². The average Bonchev–Trinajstić information content (AvgIpc) is 2.70. The first-order valence-corrected chi connectivity index (χ1v) is 10.7. The molecule has 1 aromatic rings. The Bertz CT molecular complexity index is 793. The van der Waals surface area contributed by atoms with Gasteiger partial charge in [-0.1, -0.05) is 29.8 Å². The van der Waals surface area contributed by atoms with E-state index in [1.165, 1.54) is 0 Å². The summed E-state index contributed by atoms with van der Waals surface area (Å²) in [5, 5.41) is 5.29. The van der Waals surface area contributed by atoms with Crippen molar-refractivity contribution in [2.45, 2.75) is 77.7 Å². The lowest BCUT2D eigenvalue weighted by molar-refractivity contribution is -0.149. The number of benzene rings is 1. The number of carbonyl (C=O) groups is 3. The standard InChI is InChI=1S/C24H35N3O5/c1-6-9-19(25)21(28)27-20(10-7-8-15-26-23(30)32-24(3,4)5)22(29)31-16-18-13-11-17(2)12-14-18/h1,11-14,19-20H,7-10,15-16,25H2,2-5H3,(H,26,30)(H,27,28)/t19-,20-/m0/s1. The van der Waals surface area contributed by atoms with Crippen molar-refractivity contribution in [3.63, 3.8) is 0 Å². The second kappa shape index (κ2) is 13.4. The van der Waals surface area contributed by atoms with Crippen LogP contribution in [0.3, 0.4) is 0 Å². The fourth-order valence-corrected chi connectivity index (χ4v) is 2.66. The monoisotopic (exact) mass is 445 g/mol. The van der Waals surface area contributed by atoms with Gasteiger partial charge in [-0.3, -0.25) is 4.79 Å². The Labute approximate surface area is 190 Å². The molecule has 0 aliphatic carbocycles. The molecule has 0 fully saturated rings. The number of terminal acetylenes is 1. The van der Waals surface area contributed by atoms with Crippen molar-refractivity contribution in [2.24, 2.45) is 5.73 Å². The summed E-state index contributed by atoms with van der Waals surface area (Å²) < 4.78 is 10.6. The maximum atomic E-state index is 12.6. The van der Waals surface area contributed by atoms with E-state index in [0.29, 0.717) is 25.8 Å². The summed E-state index contributed by atoms with van der Waals surface area (Å²) in [6.45, 7) is 7.80. The fraction of sp³-hybridized carbons (Fsp3) is 0.542. The molecule has 0 unspecified atom stereocenters. The molecule has 0 spiro atoms. The highest BCUT2D eigenvalue weighted by Gasteiger charge is 2.24. The Balaban J connectivity index is 2.58. The first kappa shape index (κ1) is 27.0. The first-order valence-electron chi connectivity index (χ1n) is 10.7. The summed E-state index contributed by atoms with van der Waals surface area (Å²) in [4.78, 5) is 36.6. The van der Waals surface area contributed by atoms with Gasteiger partial charge in [-0.2, -0.15) is 0 Å². The van der Waals surface area contributed by atoms with Crippen LogP contribution in [-0.2, 0) is 25.7 Å². The van der Waals surface area contributed by atoms with Gasteiger partial charge in [0.2, 0.25) is 5.91 Å². The molecule has 0 heterocycles. The summed E-state index contributed by atoms with van der Waals surface area (Å²) >= 11 is 0. The SMILES string of the molecule is C#CC[C@H](N)C(=O)N[C@@H](CCCCNC(=O)OC(C)(C)C)C(=O)OCc1ccc(C)cc1. The number of hydrogen-bond donors (Lipinski definition) is 3. The first-order chi connectivity index (χ1) is 15.0. The molecule has 0 saturated carbocycles. The Hall–Kier alpha value is -3.05. The number of carbonyl (C=O) groups excluding carboxylic acids is 3. The van der Waals surface area contributed by atoms with Gasteiger partial charge >= 0.3 is 12.1 Å². The van der Waals surface area contributed by atoms with Gasteiger partial charge in [0.05, 0.1) is 6.04 Å². The maximum absolute atomic E-state index is 12.6. The van der Waals surface area contributed by atoms with Crippen molar-refractivity contribution in [2.75, 3.05) is 6.54 Å². The van der Waals surface area contributed by atoms with E-state index < -0.39 is 35.7 Å². The molecule has 8 heteroatoms. The third-order valence-electron chi connectivity index (χ3n) is 4.37. The van der Waals surface area contributed by atoms with E-state index in [1.807, 2.05) is 31.2 Å². The molecule has 0 saturated heterocycles. The number of nitrogens with two attached hydrogens (primary N) is 1. The molecule has 1 aromatic carbocycles. The Morgan fingerprint density at radius 3 is 2.41 bits per heavy atom. The molecular weight excluding hydrogens is 410 g/mol. The Morgan fingerprint density at radius 2 is 1.81 bits per heavy atom. The van der Waals surface area contributed by atoms with Gasteiger partial charge in [-0.25, -0.2) is 9.59 Å². The van der Waals surface area contributed by atoms with E-state index in [2.05, 4.69) is 16.6 Å². The summed E-state index contributed by atoms with van der Waals surface area (Å²) in [5.74, 6) is 1.28. The molecule has 2 atom stereocenters. The molecule has 0 aliphatic rings. The minimum atomic E-state index is -0.902. The number of nitrogens with one attached hydrogen (secondary N) is 2. The topological polar surface area (TPSA) is 120 Å². The summed E-state index contributed by atoms with van der Waals surface area (Å²) in [5.41, 5.74) is 7.13. The summed E-state index contributed by atoms with van der Waals surface area (Å²) in [7, 11) is 0. The van der Waals surface area contributed by atoms with Gasteiger partial charge in [-0.05, 0) is 52.5 Å². The van der Waals surface area contributed by atoms with E-state index in [4.69, 9.17) is 21.6 Å². The van der Waals surface area contributed by atoms with Crippen LogP contribution in [0.2, 0.25) is 0 Å². The molecule has 0 radical (unpaired) electrons. The molecule has 4 N–H and O–H groups in total. The molecule has 1 rings (SSSR count). The predicted octanol–water partition coefficient (Wildman–Crippen LogP) is 2.57. The van der Waals surface area contributed by atoms with Crippen LogP contribution in [0.15, 0.2) is 24.3 Å². The largest absolute Gasteiger partial charge is 0.459 e. The molecule has 0 aliphatic heterocycles. The van der Waals surface area contributed by atoms with Gasteiger partial charge in [0.1, 0.15) is 18.2 Å². The third-order valence-corrected chi connectivity index (χ3v) is 4.37. The van der Waals surface area contributed by atoms with Crippen LogP contribution < -0.4 is 16.4 Å². The zero-order valence-electron chi connectivity index (χ0n) is 19.4. The zero-order chi connectivity index (χ0) is 24.1. The second-order valence-corrected chi connectivity index (χ2v) is 8.59. The van der Waals surface area contributed by atoms with E-state index in [1.54, 1.807) is 20.8 Å². The minimum absolute atomic E-state index is 0.0662. The molecule has 176 valence electrons. The average molecular weight is 446 g/mol. The molecule has 0 bridgehead atoms. The lowest BCUT2D eigenvalue weighted by Crippen LogP contribution is -2.48. The quantitative estimate of drug-likeness (QED) is 0.274. The molecule has 2 amide bonds. The zero-order valence-corrected chi connectivity index (χ0v) is 19.4. The smallest absolute Gasteiger partial charge is 0.407 e. The number of ether oxygens (including phenoxy) is 2. The van der Waals surface area contributed by atoms with Gasteiger partial charge < -0.3 is 25.8 Å². The Morgan fingerprint density at radius 1 is 1.16 bits per heavy atom. The van der Waals surface area contributed by atoms with Crippen LogP contribution in [0, 0.1) is 19.3 Å². The highest BCUT2D eigenvalue weighted by Crippen LogP contribution is 2.09. The number of esters is 1. The summed E-state index contributed by atoms with van der Waals surface area (Å²) in [6.07, 6.45) is 6.26. The van der Waals surface area contributed by atoms with E-state index in [0.717, 1.165) is 11.1 Å². The van der Waals surface area contributed by atoms with Gasteiger partial charge in [0.15, 0.2) is 0 Å². The van der Waals surface area contributed by atoms with Crippen molar-refractivity contribution in [1.29, 1.82) is 0 Å². The number of rotatable bonds is 11. The third kappa shape index (κ3) is 11.4. The van der Waals surface area contributed by atoms with Gasteiger partial charge in [0.25, 0.3) is 0 Å². The number of alkyl carbamates (subject to hydrolysis) is 1. The highest BCUT2D eigenvalue weighted by atomic mass is 16.6. The highest BCUT2D eigenvalue weighted by molar-refractivity contribution is 5.87. The van der Waals surface area contributed by atoms with Crippen molar-refractivity contribution >= 4 is 18.0 Å². The van der Waals surface area contributed by atoms with E-state index in [9.17, 15) is 14.4 Å². The van der Waals surface area contributed by atoms with Crippen molar-refractivity contribution < 1.29 is 23.9 Å². The molecular formula is C24H35N3O5. The number of amides is 2. The van der Waals surface area contributed by atoms with Gasteiger partial charge in [0, 0.05) is 13.0 Å². The molecule has 32 heavy (non-hydrogen) atoms. The number of hydrogen-bond acceptors (Lipinski definition) is 6. The van der Waals surface area contributed by atoms with Crippen LogP contribution in [0.1, 0.15) is 57.6 Å². The van der Waals surface area contributed by atoms with Crippen molar-refractivity contribution in [3.8, 4) is 12.3 Å². The van der Waals surface area contributed by atoms with Crippen LogP contribution in [0.5, 0.6) is 0 Å². The van der Waals surface area contributed by atoms with E-state index >= 15 is 0 Å². The normalized spacial score (nSPS) is 12.8. The lowest BCUT2D eigenvalue weighted by Gasteiger charge is -2.20. The number of unbranched alkanes of at least 4 members (excludes halogenated alkanes) is 1. The van der Waals surface area contributed by atoms with Crippen LogP contribution in [0.25, 0.3) is 0 Å². The van der Waals surface area contributed by atoms with Crippen LogP contribution in [0.4, 0.5) is 4.79 Å². The van der Waals surface area contributed by atoms with Crippen LogP contribution >= 0.6 is 0 Å². The molecule has 8 nitrogen and oxygen atoms in total. The van der Waals surface area contributed by atoms with Gasteiger partial charge in [-0.15, -0.1) is 12.3 Å². The predicted molar refractivity (Wildman–Crippen MR) is 122 cm³/mol. The summed E-state index contributed by atoms with van der Waals surface area (Å²) in [6, 6.07) is 5.85. The number of aryl methyl sites for hydroxylation is 1. The van der Waals surface area contributed by atoms with E-state index in [-0.39, 0.29) is 13.0 Å². The van der Waals surface area contributed by atoms with Crippen molar-refractivity contribution in [3.05, 3.63) is 35.4 Å². The minimum Gasteiger partial charge on any atom is -0.459 e. The maximum Gasteiger partial charge on any atom is 0.407 e.